The van der Waals surface area contributed by atoms with Crippen molar-refractivity contribution in [3.8, 4) is 33.4 Å². The smallest absolute Gasteiger partial charge is 0.0629 e. The first-order chi connectivity index (χ1) is 23.2. The Hall–Kier alpha value is -5.49. The van der Waals surface area contributed by atoms with Gasteiger partial charge in [-0.3, -0.25) is 15.3 Å². The van der Waals surface area contributed by atoms with Crippen molar-refractivity contribution >= 4 is 0 Å². The molecule has 0 fully saturated rings. The zero-order valence-electron chi connectivity index (χ0n) is 28.6. The molecule has 3 heterocycles. The molecular formula is C42H42N6. The summed E-state index contributed by atoms with van der Waals surface area (Å²) in [6, 6.07) is 33.9. The van der Waals surface area contributed by atoms with Crippen LogP contribution in [0.3, 0.4) is 0 Å². The van der Waals surface area contributed by atoms with Gasteiger partial charge in [-0.2, -0.15) is 15.3 Å². The molecule has 0 aliphatic carbocycles. The molecule has 3 aromatic heterocycles. The first-order valence-electron chi connectivity index (χ1n) is 16.7. The summed E-state index contributed by atoms with van der Waals surface area (Å²) in [5.74, 6) is 0. The molecule has 0 radical (unpaired) electrons. The summed E-state index contributed by atoms with van der Waals surface area (Å²) >= 11 is 0. The van der Waals surface area contributed by atoms with E-state index in [1.807, 2.05) is 0 Å². The third-order valence-electron chi connectivity index (χ3n) is 9.78. The van der Waals surface area contributed by atoms with Gasteiger partial charge in [-0.1, -0.05) is 72.8 Å². The molecule has 3 N–H and O–H groups in total. The normalized spacial score (nSPS) is 11.4. The first kappa shape index (κ1) is 31.1. The lowest BCUT2D eigenvalue weighted by Crippen LogP contribution is -1.93. The van der Waals surface area contributed by atoms with Crippen molar-refractivity contribution in [3.05, 3.63) is 159 Å². The molecule has 4 aromatic carbocycles. The van der Waals surface area contributed by atoms with Gasteiger partial charge in [0, 0.05) is 53.0 Å². The summed E-state index contributed by atoms with van der Waals surface area (Å²) in [4.78, 5) is 0. The molecule has 48 heavy (non-hydrogen) atoms. The van der Waals surface area contributed by atoms with Gasteiger partial charge in [0.2, 0.25) is 0 Å². The molecule has 0 aliphatic rings. The predicted octanol–water partition coefficient (Wildman–Crippen LogP) is 9.48. The van der Waals surface area contributed by atoms with Gasteiger partial charge >= 0.3 is 0 Å². The minimum atomic E-state index is 0.869. The van der Waals surface area contributed by atoms with Crippen molar-refractivity contribution in [1.29, 1.82) is 0 Å². The molecule has 6 nitrogen and oxygen atoms in total. The van der Waals surface area contributed by atoms with Gasteiger partial charge in [0.25, 0.3) is 0 Å². The fraction of sp³-hybridized carbons (Fsp3) is 0.214. The molecule has 6 heteroatoms. The topological polar surface area (TPSA) is 86.0 Å². The molecule has 0 spiro atoms. The fourth-order valence-electron chi connectivity index (χ4n) is 6.69. The van der Waals surface area contributed by atoms with E-state index in [9.17, 15) is 0 Å². The Bertz CT molecular complexity index is 1870. The molecule has 0 amide bonds. The Balaban J connectivity index is 1.22. The second-order valence-electron chi connectivity index (χ2n) is 13.2. The Kier molecular flexibility index (Phi) is 8.40. The Morgan fingerprint density at radius 2 is 0.604 bits per heavy atom. The lowest BCUT2D eigenvalue weighted by molar-refractivity contribution is 1.02. The van der Waals surface area contributed by atoms with Gasteiger partial charge in [0.05, 0.1) is 17.1 Å². The van der Waals surface area contributed by atoms with Crippen molar-refractivity contribution in [1.82, 2.24) is 30.6 Å². The van der Waals surface area contributed by atoms with E-state index < -0.39 is 0 Å². The molecule has 240 valence electrons. The second kappa shape index (κ2) is 13.0. The lowest BCUT2D eigenvalue weighted by atomic mass is 9.91. The largest absolute Gasteiger partial charge is 0.282 e. The van der Waals surface area contributed by atoms with Crippen molar-refractivity contribution < 1.29 is 0 Å². The van der Waals surface area contributed by atoms with E-state index in [-0.39, 0.29) is 0 Å². The van der Waals surface area contributed by atoms with Crippen molar-refractivity contribution in [2.45, 2.75) is 60.8 Å². The highest BCUT2D eigenvalue weighted by Gasteiger charge is 2.13. The van der Waals surface area contributed by atoms with Crippen LogP contribution < -0.4 is 0 Å². The maximum absolute atomic E-state index is 4.38. The molecule has 0 saturated carbocycles. The van der Waals surface area contributed by atoms with Gasteiger partial charge < -0.3 is 0 Å². The number of aromatic nitrogens is 6. The fourth-order valence-corrected chi connectivity index (χ4v) is 6.69. The minimum absolute atomic E-state index is 0.869. The molecule has 7 rings (SSSR count). The number of hydrogen-bond acceptors (Lipinski definition) is 3. The summed E-state index contributed by atoms with van der Waals surface area (Å²) in [6.45, 7) is 12.5. The number of nitrogens with zero attached hydrogens (tertiary/aromatic N) is 3. The SMILES string of the molecule is Cc1n[nH]c(C)c1Cc1ccc(-c2cc(-c3ccc(Cc4c(C)n[nH]c4C)cc3)cc(-c3ccc(Cc4c(C)n[nH]c4C)cc3)c2)cc1. The summed E-state index contributed by atoms with van der Waals surface area (Å²) in [5.41, 5.74) is 21.5. The summed E-state index contributed by atoms with van der Waals surface area (Å²) in [5, 5.41) is 22.5. The summed E-state index contributed by atoms with van der Waals surface area (Å²) in [7, 11) is 0. The Labute approximate surface area is 282 Å². The van der Waals surface area contributed by atoms with Crippen LogP contribution in [-0.4, -0.2) is 30.6 Å². The first-order valence-corrected chi connectivity index (χ1v) is 16.7. The van der Waals surface area contributed by atoms with Crippen LogP contribution >= 0.6 is 0 Å². The van der Waals surface area contributed by atoms with Crippen LogP contribution in [0.5, 0.6) is 0 Å². The predicted molar refractivity (Wildman–Crippen MR) is 195 cm³/mol. The number of rotatable bonds is 9. The highest BCUT2D eigenvalue weighted by atomic mass is 15.1. The van der Waals surface area contributed by atoms with E-state index >= 15 is 0 Å². The zero-order valence-corrected chi connectivity index (χ0v) is 28.6. The maximum atomic E-state index is 4.38. The third kappa shape index (κ3) is 6.39. The third-order valence-corrected chi connectivity index (χ3v) is 9.78. The van der Waals surface area contributed by atoms with E-state index in [0.717, 1.165) is 53.4 Å². The number of H-pyrrole nitrogens is 3. The van der Waals surface area contributed by atoms with E-state index in [1.54, 1.807) is 0 Å². The number of benzene rings is 4. The number of aryl methyl sites for hydroxylation is 6. The van der Waals surface area contributed by atoms with Gasteiger partial charge in [-0.05, 0) is 110 Å². The monoisotopic (exact) mass is 630 g/mol. The van der Waals surface area contributed by atoms with E-state index in [1.165, 1.54) is 66.8 Å². The van der Waals surface area contributed by atoms with Crippen molar-refractivity contribution in [2.75, 3.05) is 0 Å². The number of nitrogens with one attached hydrogen (secondary N) is 3. The summed E-state index contributed by atoms with van der Waals surface area (Å²) < 4.78 is 0. The van der Waals surface area contributed by atoms with E-state index in [0.29, 0.717) is 0 Å². The average Bonchev–Trinajstić information content (AvgIpc) is 3.72. The minimum Gasteiger partial charge on any atom is -0.282 e. The highest BCUT2D eigenvalue weighted by molar-refractivity contribution is 5.81. The molecule has 7 aromatic rings. The average molecular weight is 631 g/mol. The number of aromatic amines is 3. The quantitative estimate of drug-likeness (QED) is 0.149. The van der Waals surface area contributed by atoms with Crippen molar-refractivity contribution in [2.24, 2.45) is 0 Å². The van der Waals surface area contributed by atoms with Crippen LogP contribution in [0.15, 0.2) is 91.0 Å². The zero-order chi connectivity index (χ0) is 33.4. The molecule has 0 bridgehead atoms. The lowest BCUT2D eigenvalue weighted by Gasteiger charge is -2.13. The van der Waals surface area contributed by atoms with Crippen LogP contribution in [0.4, 0.5) is 0 Å². The summed E-state index contributed by atoms with van der Waals surface area (Å²) in [6.07, 6.45) is 2.61. The van der Waals surface area contributed by atoms with Gasteiger partial charge in [-0.15, -0.1) is 0 Å². The van der Waals surface area contributed by atoms with Crippen molar-refractivity contribution in [3.63, 3.8) is 0 Å². The Morgan fingerprint density at radius 3 is 0.812 bits per heavy atom. The Morgan fingerprint density at radius 1 is 0.354 bits per heavy atom. The maximum Gasteiger partial charge on any atom is 0.0629 e. The van der Waals surface area contributed by atoms with Crippen LogP contribution in [0, 0.1) is 41.5 Å². The highest BCUT2D eigenvalue weighted by Crippen LogP contribution is 2.34. The molecular weight excluding hydrogens is 589 g/mol. The van der Waals surface area contributed by atoms with Gasteiger partial charge in [-0.25, -0.2) is 0 Å². The van der Waals surface area contributed by atoms with Gasteiger partial charge in [0.15, 0.2) is 0 Å². The van der Waals surface area contributed by atoms with Crippen LogP contribution in [0.25, 0.3) is 33.4 Å². The molecule has 0 aliphatic heterocycles. The standard InChI is InChI=1S/C42H42N6/c1-25-40(26(2)44-43-25)19-31-7-13-34(14-8-31)37-22-38(35-15-9-32(10-16-35)20-41-27(3)45-46-28(41)4)24-39(23-37)36-17-11-33(12-18-36)21-42-29(5)47-48-30(42)6/h7-18,22-24H,19-21H2,1-6H3,(H,43,44)(H,45,46)(H,47,48). The van der Waals surface area contributed by atoms with E-state index in [4.69, 9.17) is 0 Å². The molecule has 0 unspecified atom stereocenters. The van der Waals surface area contributed by atoms with Crippen LogP contribution in [0.1, 0.15) is 67.5 Å². The number of hydrogen-bond donors (Lipinski definition) is 3. The van der Waals surface area contributed by atoms with Crippen LogP contribution in [-0.2, 0) is 19.3 Å². The molecule has 0 saturated heterocycles. The second-order valence-corrected chi connectivity index (χ2v) is 13.2. The van der Waals surface area contributed by atoms with Crippen LogP contribution in [0.2, 0.25) is 0 Å². The molecule has 0 atom stereocenters. The van der Waals surface area contributed by atoms with E-state index in [2.05, 4.69) is 163 Å². The van der Waals surface area contributed by atoms with Gasteiger partial charge in [0.1, 0.15) is 0 Å².